The zero-order valence-corrected chi connectivity index (χ0v) is 16.1. The van der Waals surface area contributed by atoms with Crippen LogP contribution in [0.4, 0.5) is 0 Å². The Hall–Kier alpha value is -0.130. The van der Waals surface area contributed by atoms with Gasteiger partial charge in [-0.05, 0) is 31.6 Å². The second-order valence-corrected chi connectivity index (χ2v) is 7.71. The van der Waals surface area contributed by atoms with Gasteiger partial charge in [0.2, 0.25) is 10.0 Å². The third kappa shape index (κ3) is 6.97. The van der Waals surface area contributed by atoms with Crippen LogP contribution in [0.2, 0.25) is 0 Å². The Kier molecular flexibility index (Phi) is 8.36. The van der Waals surface area contributed by atoms with Gasteiger partial charge in [0, 0.05) is 25.7 Å². The first kappa shape index (κ1) is 19.9. The molecule has 2 rings (SSSR count). The van der Waals surface area contributed by atoms with Crippen molar-refractivity contribution in [2.75, 3.05) is 26.0 Å². The van der Waals surface area contributed by atoms with Crippen LogP contribution < -0.4 is 15.8 Å². The van der Waals surface area contributed by atoms with E-state index < -0.39 is 10.0 Å². The fraction of sp³-hybridized carbons (Fsp3) is 0.923. The van der Waals surface area contributed by atoms with Gasteiger partial charge in [-0.25, -0.2) is 13.1 Å². The Morgan fingerprint density at radius 3 is 2.73 bits per heavy atom. The number of halogens is 1. The minimum atomic E-state index is -3.16. The molecule has 0 bridgehead atoms. The van der Waals surface area contributed by atoms with E-state index in [1.54, 1.807) is 0 Å². The molecule has 3 atom stereocenters. The van der Waals surface area contributed by atoms with E-state index in [4.69, 9.17) is 10.5 Å². The average Bonchev–Trinajstić information content (AvgIpc) is 3.03. The van der Waals surface area contributed by atoms with Gasteiger partial charge in [-0.1, -0.05) is 6.42 Å². The molecule has 0 aromatic carbocycles. The van der Waals surface area contributed by atoms with Crippen molar-refractivity contribution in [1.82, 2.24) is 10.0 Å². The molecule has 0 spiro atoms. The highest BCUT2D eigenvalue weighted by Gasteiger charge is 2.29. The molecule has 1 heterocycles. The van der Waals surface area contributed by atoms with Gasteiger partial charge in [0.05, 0.1) is 12.4 Å². The van der Waals surface area contributed by atoms with Gasteiger partial charge in [0.25, 0.3) is 0 Å². The maximum atomic E-state index is 11.3. The molecule has 22 heavy (non-hydrogen) atoms. The van der Waals surface area contributed by atoms with Crippen molar-refractivity contribution in [3.63, 3.8) is 0 Å². The molecular weight excluding hydrogens is 419 g/mol. The number of guanidine groups is 1. The maximum absolute atomic E-state index is 11.3. The topological polar surface area (TPSA) is 106 Å². The Labute approximate surface area is 149 Å². The zero-order valence-electron chi connectivity index (χ0n) is 13.0. The van der Waals surface area contributed by atoms with Gasteiger partial charge in [-0.3, -0.25) is 4.99 Å². The lowest BCUT2D eigenvalue weighted by Crippen LogP contribution is -2.40. The van der Waals surface area contributed by atoms with E-state index in [-0.39, 0.29) is 42.0 Å². The van der Waals surface area contributed by atoms with Gasteiger partial charge in [-0.15, -0.1) is 24.0 Å². The fourth-order valence-corrected chi connectivity index (χ4v) is 3.84. The molecule has 130 valence electrons. The summed E-state index contributed by atoms with van der Waals surface area (Å²) in [6.07, 6.45) is 6.46. The SMILES string of the molecule is CS(=O)(=O)NC1CCCC1CN=C(N)NCC1CCCO1.I. The van der Waals surface area contributed by atoms with E-state index in [1.807, 2.05) is 0 Å². The molecule has 4 N–H and O–H groups in total. The zero-order chi connectivity index (χ0) is 15.3. The molecule has 0 amide bonds. The predicted octanol–water partition coefficient (Wildman–Crippen LogP) is 0.406. The predicted molar refractivity (Wildman–Crippen MR) is 98.0 cm³/mol. The highest BCUT2D eigenvalue weighted by atomic mass is 127. The molecule has 9 heteroatoms. The van der Waals surface area contributed by atoms with Crippen molar-refractivity contribution in [3.05, 3.63) is 0 Å². The summed E-state index contributed by atoms with van der Waals surface area (Å²) in [5, 5.41) is 3.08. The highest BCUT2D eigenvalue weighted by molar-refractivity contribution is 14.0. The molecule has 2 fully saturated rings. The number of ether oxygens (including phenoxy) is 1. The van der Waals surface area contributed by atoms with E-state index in [9.17, 15) is 8.42 Å². The number of nitrogens with zero attached hydrogens (tertiary/aromatic N) is 1. The molecular formula is C13H27IN4O3S. The van der Waals surface area contributed by atoms with E-state index in [0.717, 1.165) is 38.7 Å². The number of nitrogens with two attached hydrogens (primary N) is 1. The molecule has 0 radical (unpaired) electrons. The van der Waals surface area contributed by atoms with Gasteiger partial charge < -0.3 is 15.8 Å². The Bertz CT molecular complexity index is 466. The van der Waals surface area contributed by atoms with Crippen LogP contribution in [0.25, 0.3) is 0 Å². The van der Waals surface area contributed by atoms with Gasteiger partial charge in [-0.2, -0.15) is 0 Å². The van der Waals surface area contributed by atoms with Crippen LogP contribution in [0.5, 0.6) is 0 Å². The normalized spacial score (nSPS) is 29.3. The van der Waals surface area contributed by atoms with E-state index in [2.05, 4.69) is 15.0 Å². The van der Waals surface area contributed by atoms with E-state index >= 15 is 0 Å². The van der Waals surface area contributed by atoms with Gasteiger partial charge in [0.1, 0.15) is 0 Å². The molecule has 1 aliphatic carbocycles. The second-order valence-electron chi connectivity index (χ2n) is 5.93. The first-order valence-electron chi connectivity index (χ1n) is 7.57. The van der Waals surface area contributed by atoms with Gasteiger partial charge >= 0.3 is 0 Å². The Balaban J connectivity index is 0.00000242. The lowest BCUT2D eigenvalue weighted by molar-refractivity contribution is 0.114. The molecule has 3 unspecified atom stereocenters. The van der Waals surface area contributed by atoms with Crippen molar-refractivity contribution in [2.24, 2.45) is 16.6 Å². The summed E-state index contributed by atoms with van der Waals surface area (Å²) in [6.45, 7) is 2.06. The van der Waals surface area contributed by atoms with Gasteiger partial charge in [0.15, 0.2) is 5.96 Å². The summed E-state index contributed by atoms with van der Waals surface area (Å²) < 4.78 is 30.8. The second kappa shape index (κ2) is 9.24. The largest absolute Gasteiger partial charge is 0.376 e. The van der Waals surface area contributed by atoms with Crippen molar-refractivity contribution in [2.45, 2.75) is 44.2 Å². The molecule has 0 aromatic heterocycles. The smallest absolute Gasteiger partial charge is 0.208 e. The summed E-state index contributed by atoms with van der Waals surface area (Å²) >= 11 is 0. The van der Waals surface area contributed by atoms with Crippen molar-refractivity contribution in [3.8, 4) is 0 Å². The lowest BCUT2D eigenvalue weighted by Gasteiger charge is -2.18. The number of aliphatic imine (C=N–C) groups is 1. The molecule has 1 aliphatic heterocycles. The quantitative estimate of drug-likeness (QED) is 0.311. The third-order valence-corrected chi connectivity index (χ3v) is 4.79. The summed E-state index contributed by atoms with van der Waals surface area (Å²) in [4.78, 5) is 4.34. The summed E-state index contributed by atoms with van der Waals surface area (Å²) in [6, 6.07) is -0.0188. The lowest BCUT2D eigenvalue weighted by atomic mass is 10.1. The number of hydrogen-bond donors (Lipinski definition) is 3. The Morgan fingerprint density at radius 1 is 1.32 bits per heavy atom. The molecule has 7 nitrogen and oxygen atoms in total. The minimum Gasteiger partial charge on any atom is -0.376 e. The van der Waals surface area contributed by atoms with Crippen molar-refractivity contribution in [1.29, 1.82) is 0 Å². The van der Waals surface area contributed by atoms with Crippen LogP contribution in [0.1, 0.15) is 32.1 Å². The number of hydrogen-bond acceptors (Lipinski definition) is 4. The first-order chi connectivity index (χ1) is 9.94. The minimum absolute atomic E-state index is 0. The number of rotatable bonds is 6. The van der Waals surface area contributed by atoms with E-state index in [1.165, 1.54) is 6.26 Å². The monoisotopic (exact) mass is 446 g/mol. The van der Waals surface area contributed by atoms with Crippen LogP contribution >= 0.6 is 24.0 Å². The summed E-state index contributed by atoms with van der Waals surface area (Å²) in [7, 11) is -3.16. The Morgan fingerprint density at radius 2 is 2.09 bits per heavy atom. The molecule has 1 saturated carbocycles. The maximum Gasteiger partial charge on any atom is 0.208 e. The van der Waals surface area contributed by atoms with Crippen LogP contribution in [-0.4, -0.2) is 52.5 Å². The highest BCUT2D eigenvalue weighted by Crippen LogP contribution is 2.26. The van der Waals surface area contributed by atoms with E-state index in [0.29, 0.717) is 19.0 Å². The molecule has 0 aromatic rings. The standard InChI is InChI=1S/C13H26N4O3S.HI/c1-21(18,19)17-12-6-2-4-10(12)8-15-13(14)16-9-11-5-3-7-20-11;/h10-12,17H,2-9H2,1H3,(H3,14,15,16);1H. The molecule has 2 aliphatic rings. The van der Waals surface area contributed by atoms with Crippen molar-refractivity contribution < 1.29 is 13.2 Å². The first-order valence-corrected chi connectivity index (χ1v) is 9.46. The van der Waals surface area contributed by atoms with Crippen LogP contribution in [0.3, 0.4) is 0 Å². The number of sulfonamides is 1. The number of nitrogens with one attached hydrogen (secondary N) is 2. The average molecular weight is 446 g/mol. The van der Waals surface area contributed by atoms with Crippen LogP contribution in [0.15, 0.2) is 4.99 Å². The van der Waals surface area contributed by atoms with Crippen molar-refractivity contribution >= 4 is 40.0 Å². The summed E-state index contributed by atoms with van der Waals surface area (Å²) in [5.74, 6) is 0.637. The fourth-order valence-electron chi connectivity index (χ4n) is 2.98. The summed E-state index contributed by atoms with van der Waals surface area (Å²) in [5.41, 5.74) is 5.85. The van der Waals surface area contributed by atoms with Crippen LogP contribution in [-0.2, 0) is 14.8 Å². The third-order valence-electron chi connectivity index (χ3n) is 4.06. The van der Waals surface area contributed by atoms with Crippen LogP contribution in [0, 0.1) is 5.92 Å². The molecule has 1 saturated heterocycles.